The molecule has 2 aromatic carbocycles. The zero-order chi connectivity index (χ0) is 30.9. The lowest BCUT2D eigenvalue weighted by Gasteiger charge is -2.34. The molecule has 0 atom stereocenters. The fourth-order valence-corrected chi connectivity index (χ4v) is 4.98. The third kappa shape index (κ3) is 8.44. The van der Waals surface area contributed by atoms with Gasteiger partial charge in [0.1, 0.15) is 5.75 Å². The summed E-state index contributed by atoms with van der Waals surface area (Å²) in [7, 11) is 1.69. The molecule has 228 valence electrons. The van der Waals surface area contributed by atoms with Crippen LogP contribution in [0.3, 0.4) is 0 Å². The van der Waals surface area contributed by atoms with E-state index in [1.165, 1.54) is 0 Å². The van der Waals surface area contributed by atoms with Crippen LogP contribution in [0.4, 0.5) is 10.1 Å². The van der Waals surface area contributed by atoms with Crippen molar-refractivity contribution in [3.8, 4) is 17.2 Å². The van der Waals surface area contributed by atoms with Gasteiger partial charge >= 0.3 is 0 Å². The van der Waals surface area contributed by atoms with E-state index >= 15 is 0 Å². The summed E-state index contributed by atoms with van der Waals surface area (Å²) >= 11 is 0. The zero-order valence-electron chi connectivity index (χ0n) is 26.4. The van der Waals surface area contributed by atoms with Gasteiger partial charge in [-0.15, -0.1) is 0 Å². The van der Waals surface area contributed by atoms with Crippen LogP contribution < -0.4 is 19.1 Å². The lowest BCUT2D eigenvalue weighted by atomic mass is 9.84. The van der Waals surface area contributed by atoms with Crippen LogP contribution in [0.2, 0.25) is 0 Å². The molecular formula is C33H49FN2O5. The Bertz CT molecular complexity index is 1200. The summed E-state index contributed by atoms with van der Waals surface area (Å²) in [6.45, 7) is 17.8. The number of piperidine rings is 1. The minimum atomic E-state index is -0.493. The first-order valence-electron chi connectivity index (χ1n) is 14.7. The number of carbonyl (C=O) groups is 1. The molecule has 0 aliphatic carbocycles. The summed E-state index contributed by atoms with van der Waals surface area (Å²) in [6, 6.07) is 5.70. The van der Waals surface area contributed by atoms with E-state index in [0.29, 0.717) is 37.4 Å². The maximum Gasteiger partial charge on any atom is 0.197 e. The second-order valence-corrected chi connectivity index (χ2v) is 11.2. The highest BCUT2D eigenvalue weighted by atomic mass is 19.1. The Labute approximate surface area is 245 Å². The quantitative estimate of drug-likeness (QED) is 0.233. The molecular weight excluding hydrogens is 523 g/mol. The van der Waals surface area contributed by atoms with Crippen molar-refractivity contribution < 1.29 is 28.5 Å². The second kappa shape index (κ2) is 15.2. The number of aliphatic hydroxyl groups excluding tert-OH is 1. The average molecular weight is 573 g/mol. The number of anilines is 1. The van der Waals surface area contributed by atoms with Gasteiger partial charge in [-0.1, -0.05) is 34.6 Å². The number of nitrogens with one attached hydrogen (secondary N) is 1. The van der Waals surface area contributed by atoms with Crippen LogP contribution in [-0.4, -0.2) is 56.1 Å². The number of halogens is 1. The van der Waals surface area contributed by atoms with Crippen molar-refractivity contribution in [2.45, 2.75) is 92.6 Å². The summed E-state index contributed by atoms with van der Waals surface area (Å²) in [6.07, 6.45) is 2.42. The van der Waals surface area contributed by atoms with E-state index in [2.05, 4.69) is 25.7 Å². The molecule has 0 unspecified atom stereocenters. The Morgan fingerprint density at radius 3 is 2.12 bits per heavy atom. The number of nitrogens with zero attached hydrogens (tertiary/aromatic N) is 1. The fourth-order valence-electron chi connectivity index (χ4n) is 4.98. The van der Waals surface area contributed by atoms with Crippen molar-refractivity contribution >= 4 is 17.2 Å². The minimum absolute atomic E-state index is 0.109. The fraction of sp³-hybridized carbons (Fsp3) is 0.576. The Balaban J connectivity index is 0.000000296. The molecule has 7 nitrogen and oxygen atoms in total. The highest BCUT2D eigenvalue weighted by Gasteiger charge is 2.28. The van der Waals surface area contributed by atoms with Crippen LogP contribution in [0.25, 0.3) is 0 Å². The molecule has 3 rings (SSSR count). The molecule has 1 aliphatic heterocycles. The molecule has 0 spiro atoms. The molecule has 1 saturated heterocycles. The standard InChI is InChI=1S/C19H29NO3.C14H20FNO2/c1-6-17(22)13-11-15(19(2,3)4)18(23-5)16(12-13)20-9-7-14(21)8-10-20;1-5-10-8-11(17-6-2)14(18-7-3)13(15)12(10)9(4)16/h11-12,14,21H,6-10H2,1-5H3;8,16H,5-7H2,1-4H3. The maximum absolute atomic E-state index is 14.4. The number of rotatable bonds is 10. The Morgan fingerprint density at radius 2 is 1.66 bits per heavy atom. The van der Waals surface area contributed by atoms with Crippen molar-refractivity contribution in [1.29, 1.82) is 5.41 Å². The van der Waals surface area contributed by atoms with E-state index in [9.17, 15) is 14.3 Å². The maximum atomic E-state index is 14.4. The van der Waals surface area contributed by atoms with Crippen molar-refractivity contribution in [1.82, 2.24) is 0 Å². The van der Waals surface area contributed by atoms with Crippen molar-refractivity contribution in [3.63, 3.8) is 0 Å². The van der Waals surface area contributed by atoms with E-state index in [-0.39, 0.29) is 28.8 Å². The predicted molar refractivity (Wildman–Crippen MR) is 164 cm³/mol. The second-order valence-electron chi connectivity index (χ2n) is 11.2. The van der Waals surface area contributed by atoms with Gasteiger partial charge in [-0.3, -0.25) is 4.79 Å². The molecule has 2 aromatic rings. The number of methoxy groups -OCH3 is 1. The van der Waals surface area contributed by atoms with E-state index in [1.54, 1.807) is 27.0 Å². The van der Waals surface area contributed by atoms with Crippen molar-refractivity contribution in [2.24, 2.45) is 0 Å². The summed E-state index contributed by atoms with van der Waals surface area (Å²) in [5.74, 6) is 1.03. The molecule has 0 radical (unpaired) electrons. The van der Waals surface area contributed by atoms with E-state index in [1.807, 2.05) is 32.9 Å². The SMILES string of the molecule is CCC(=O)c1cc(N2CCC(O)CC2)c(OC)c(C(C)(C)C)c1.CCOc1cc(CC)c(C(C)=N)c(F)c1OCC. The Hall–Kier alpha value is -3.13. The first-order valence-corrected chi connectivity index (χ1v) is 14.7. The first-order chi connectivity index (χ1) is 19.3. The smallest absolute Gasteiger partial charge is 0.197 e. The largest absolute Gasteiger partial charge is 0.494 e. The molecule has 0 amide bonds. The Morgan fingerprint density at radius 1 is 1.05 bits per heavy atom. The van der Waals surface area contributed by atoms with Crippen LogP contribution in [0.5, 0.6) is 17.2 Å². The number of Topliss-reactive ketones (excluding diaryl/α,β-unsaturated/α-hetero) is 1. The molecule has 41 heavy (non-hydrogen) atoms. The van der Waals surface area contributed by atoms with E-state index in [0.717, 1.165) is 54.1 Å². The Kier molecular flexibility index (Phi) is 12.6. The first kappa shape index (κ1) is 34.1. The molecule has 0 aromatic heterocycles. The monoisotopic (exact) mass is 572 g/mol. The number of benzene rings is 2. The predicted octanol–water partition coefficient (Wildman–Crippen LogP) is 7.12. The number of ether oxygens (including phenoxy) is 3. The van der Waals surface area contributed by atoms with Gasteiger partial charge < -0.3 is 29.6 Å². The molecule has 1 fully saturated rings. The third-order valence-electron chi connectivity index (χ3n) is 7.14. The summed E-state index contributed by atoms with van der Waals surface area (Å²) in [5, 5.41) is 17.4. The lowest BCUT2D eigenvalue weighted by molar-refractivity contribution is 0.0987. The van der Waals surface area contributed by atoms with Gasteiger partial charge in [0.25, 0.3) is 0 Å². The van der Waals surface area contributed by atoms with Crippen LogP contribution >= 0.6 is 0 Å². The lowest BCUT2D eigenvalue weighted by Crippen LogP contribution is -2.36. The van der Waals surface area contributed by atoms with Gasteiger partial charge in [-0.25, -0.2) is 4.39 Å². The van der Waals surface area contributed by atoms with Crippen LogP contribution in [0, 0.1) is 11.2 Å². The zero-order valence-corrected chi connectivity index (χ0v) is 26.4. The highest BCUT2D eigenvalue weighted by molar-refractivity contribution is 5.99. The van der Waals surface area contributed by atoms with Gasteiger partial charge in [0.15, 0.2) is 23.1 Å². The molecule has 0 bridgehead atoms. The number of aliphatic hydroxyl groups is 1. The number of ketones is 1. The average Bonchev–Trinajstić information content (AvgIpc) is 2.93. The van der Waals surface area contributed by atoms with Gasteiger partial charge in [-0.2, -0.15) is 0 Å². The summed E-state index contributed by atoms with van der Waals surface area (Å²) < 4.78 is 30.9. The topological polar surface area (TPSA) is 92.1 Å². The normalized spacial score (nSPS) is 13.8. The van der Waals surface area contributed by atoms with Gasteiger partial charge in [0.05, 0.1) is 32.1 Å². The van der Waals surface area contributed by atoms with E-state index in [4.69, 9.17) is 19.6 Å². The number of hydrogen-bond acceptors (Lipinski definition) is 7. The molecule has 2 N–H and O–H groups in total. The molecule has 1 aliphatic rings. The van der Waals surface area contributed by atoms with Gasteiger partial charge in [0, 0.05) is 41.9 Å². The number of aryl methyl sites for hydroxylation is 1. The molecule has 8 heteroatoms. The van der Waals surface area contributed by atoms with Crippen molar-refractivity contribution in [2.75, 3.05) is 38.3 Å². The van der Waals surface area contributed by atoms with E-state index < -0.39 is 5.82 Å². The van der Waals surface area contributed by atoms with Gasteiger partial charge in [-0.05, 0) is 69.2 Å². The summed E-state index contributed by atoms with van der Waals surface area (Å²) in [5.41, 5.74) is 3.97. The van der Waals surface area contributed by atoms with Crippen LogP contribution in [-0.2, 0) is 11.8 Å². The third-order valence-corrected chi connectivity index (χ3v) is 7.14. The number of hydrogen-bond donors (Lipinski definition) is 2. The van der Waals surface area contributed by atoms with Crippen molar-refractivity contribution in [3.05, 3.63) is 46.3 Å². The minimum Gasteiger partial charge on any atom is -0.494 e. The highest BCUT2D eigenvalue weighted by Crippen LogP contribution is 2.41. The van der Waals surface area contributed by atoms with Gasteiger partial charge in [0.2, 0.25) is 0 Å². The summed E-state index contributed by atoms with van der Waals surface area (Å²) in [4.78, 5) is 14.5. The number of carbonyl (C=O) groups excluding carboxylic acids is 1. The van der Waals surface area contributed by atoms with Crippen LogP contribution in [0.15, 0.2) is 18.2 Å². The molecule has 0 saturated carbocycles. The van der Waals surface area contributed by atoms with Crippen LogP contribution in [0.1, 0.15) is 102 Å². The molecule has 1 heterocycles.